The van der Waals surface area contributed by atoms with Gasteiger partial charge in [-0.2, -0.15) is 0 Å². The predicted molar refractivity (Wildman–Crippen MR) is 41.5 cm³/mol. The molecule has 0 radical (unpaired) electrons. The summed E-state index contributed by atoms with van der Waals surface area (Å²) in [5.74, 6) is -0.419. The maximum absolute atomic E-state index is 12.7. The average molecular weight is 153 g/mol. The van der Waals surface area contributed by atoms with Crippen LogP contribution in [0.5, 0.6) is 0 Å². The Morgan fingerprint density at radius 3 is 2.82 bits per heavy atom. The molecular formula is C8H8FNO. The molecule has 1 aromatic rings. The lowest BCUT2D eigenvalue weighted by molar-refractivity contribution is 0.282. The van der Waals surface area contributed by atoms with E-state index in [1.54, 1.807) is 0 Å². The number of nitrogens with zero attached hydrogens (tertiary/aromatic N) is 1. The second kappa shape index (κ2) is 3.25. The molecule has 0 unspecified atom stereocenters. The maximum atomic E-state index is 12.7. The number of aliphatic imine (C=N–C) groups is 1. The highest BCUT2D eigenvalue weighted by atomic mass is 19.1. The van der Waals surface area contributed by atoms with Crippen molar-refractivity contribution in [1.29, 1.82) is 0 Å². The van der Waals surface area contributed by atoms with E-state index in [2.05, 4.69) is 11.7 Å². The van der Waals surface area contributed by atoms with E-state index in [-0.39, 0.29) is 12.3 Å². The number of aliphatic hydroxyl groups is 1. The SMILES string of the molecule is C=Nc1cc(CO)ccc1F. The number of benzene rings is 1. The van der Waals surface area contributed by atoms with Gasteiger partial charge in [-0.05, 0) is 24.4 Å². The molecule has 1 rings (SSSR count). The van der Waals surface area contributed by atoms with Gasteiger partial charge < -0.3 is 5.11 Å². The van der Waals surface area contributed by atoms with Gasteiger partial charge in [0.25, 0.3) is 0 Å². The van der Waals surface area contributed by atoms with Crippen LogP contribution in [-0.2, 0) is 6.61 Å². The third-order valence-corrected chi connectivity index (χ3v) is 1.36. The monoisotopic (exact) mass is 153 g/mol. The standard InChI is InChI=1S/C8H8FNO/c1-10-8-4-6(5-11)2-3-7(8)9/h2-4,11H,1,5H2. The van der Waals surface area contributed by atoms with Crippen LogP contribution < -0.4 is 0 Å². The fourth-order valence-electron chi connectivity index (χ4n) is 0.778. The van der Waals surface area contributed by atoms with E-state index in [1.807, 2.05) is 0 Å². The molecular weight excluding hydrogens is 145 g/mol. The van der Waals surface area contributed by atoms with E-state index in [0.29, 0.717) is 5.56 Å². The first kappa shape index (κ1) is 7.88. The smallest absolute Gasteiger partial charge is 0.148 e. The molecule has 1 aromatic carbocycles. The zero-order valence-corrected chi connectivity index (χ0v) is 5.92. The summed E-state index contributed by atoms with van der Waals surface area (Å²) < 4.78 is 12.7. The molecule has 0 spiro atoms. The lowest BCUT2D eigenvalue weighted by atomic mass is 10.2. The minimum Gasteiger partial charge on any atom is -0.392 e. The van der Waals surface area contributed by atoms with Crippen molar-refractivity contribution >= 4 is 12.4 Å². The highest BCUT2D eigenvalue weighted by molar-refractivity contribution is 5.47. The average Bonchev–Trinajstić information content (AvgIpc) is 2.05. The summed E-state index contributed by atoms with van der Waals surface area (Å²) in [4.78, 5) is 3.44. The van der Waals surface area contributed by atoms with E-state index in [4.69, 9.17) is 5.11 Å². The lowest BCUT2D eigenvalue weighted by Crippen LogP contribution is -1.83. The summed E-state index contributed by atoms with van der Waals surface area (Å²) in [5, 5.41) is 8.66. The number of hydrogen-bond acceptors (Lipinski definition) is 2. The highest BCUT2D eigenvalue weighted by Gasteiger charge is 1.99. The number of hydrogen-bond donors (Lipinski definition) is 1. The molecule has 0 atom stereocenters. The zero-order chi connectivity index (χ0) is 8.27. The fourth-order valence-corrected chi connectivity index (χ4v) is 0.778. The Morgan fingerprint density at radius 1 is 1.55 bits per heavy atom. The van der Waals surface area contributed by atoms with E-state index in [1.165, 1.54) is 18.2 Å². The summed E-state index contributed by atoms with van der Waals surface area (Å²) >= 11 is 0. The van der Waals surface area contributed by atoms with Gasteiger partial charge in [-0.3, -0.25) is 4.99 Å². The van der Waals surface area contributed by atoms with Crippen molar-refractivity contribution in [2.24, 2.45) is 4.99 Å². The van der Waals surface area contributed by atoms with Crippen molar-refractivity contribution in [2.45, 2.75) is 6.61 Å². The van der Waals surface area contributed by atoms with Crippen LogP contribution in [0.15, 0.2) is 23.2 Å². The third kappa shape index (κ3) is 1.62. The third-order valence-electron chi connectivity index (χ3n) is 1.36. The summed E-state index contributed by atoms with van der Waals surface area (Å²) in [7, 11) is 0. The van der Waals surface area contributed by atoms with Gasteiger partial charge >= 0.3 is 0 Å². The molecule has 0 fully saturated rings. The fraction of sp³-hybridized carbons (Fsp3) is 0.125. The molecule has 0 aromatic heterocycles. The first-order valence-electron chi connectivity index (χ1n) is 3.14. The van der Waals surface area contributed by atoms with Crippen LogP contribution in [0.2, 0.25) is 0 Å². The second-order valence-corrected chi connectivity index (χ2v) is 2.10. The molecule has 0 aliphatic heterocycles. The van der Waals surface area contributed by atoms with Gasteiger partial charge in [0, 0.05) is 0 Å². The molecule has 11 heavy (non-hydrogen) atoms. The molecule has 0 saturated heterocycles. The number of aliphatic hydroxyl groups excluding tert-OH is 1. The van der Waals surface area contributed by atoms with Gasteiger partial charge in [-0.1, -0.05) is 6.07 Å². The van der Waals surface area contributed by atoms with Gasteiger partial charge in [0.05, 0.1) is 12.3 Å². The van der Waals surface area contributed by atoms with Gasteiger partial charge in [0.1, 0.15) is 5.82 Å². The van der Waals surface area contributed by atoms with Crippen LogP contribution in [0.1, 0.15) is 5.56 Å². The summed E-state index contributed by atoms with van der Waals surface area (Å²) in [6.07, 6.45) is 0. The highest BCUT2D eigenvalue weighted by Crippen LogP contribution is 2.18. The Labute approximate surface area is 64.0 Å². The molecule has 2 nitrogen and oxygen atoms in total. The summed E-state index contributed by atoms with van der Waals surface area (Å²) in [5.41, 5.74) is 0.811. The number of rotatable bonds is 2. The molecule has 3 heteroatoms. The van der Waals surface area contributed by atoms with Crippen molar-refractivity contribution in [2.75, 3.05) is 0 Å². The van der Waals surface area contributed by atoms with E-state index in [0.717, 1.165) is 0 Å². The maximum Gasteiger partial charge on any atom is 0.148 e. The lowest BCUT2D eigenvalue weighted by Gasteiger charge is -1.98. The number of halogens is 1. The van der Waals surface area contributed by atoms with Crippen LogP contribution >= 0.6 is 0 Å². The van der Waals surface area contributed by atoms with Crippen LogP contribution in [0.3, 0.4) is 0 Å². The van der Waals surface area contributed by atoms with Crippen molar-refractivity contribution in [3.05, 3.63) is 29.6 Å². The summed E-state index contributed by atoms with van der Waals surface area (Å²) in [6, 6.07) is 4.22. The quantitative estimate of drug-likeness (QED) is 0.644. The predicted octanol–water partition coefficient (Wildman–Crippen LogP) is 1.65. The Hall–Kier alpha value is -1.22. The first-order valence-corrected chi connectivity index (χ1v) is 3.14. The van der Waals surface area contributed by atoms with E-state index in [9.17, 15) is 4.39 Å². The van der Waals surface area contributed by atoms with Gasteiger partial charge in [-0.25, -0.2) is 4.39 Å². The van der Waals surface area contributed by atoms with Crippen LogP contribution in [-0.4, -0.2) is 11.8 Å². The Kier molecular flexibility index (Phi) is 2.33. The van der Waals surface area contributed by atoms with Crippen molar-refractivity contribution in [3.8, 4) is 0 Å². The Bertz CT molecular complexity index is 273. The van der Waals surface area contributed by atoms with Crippen LogP contribution in [0, 0.1) is 5.82 Å². The van der Waals surface area contributed by atoms with Crippen molar-refractivity contribution in [3.63, 3.8) is 0 Å². The molecule has 0 bridgehead atoms. The van der Waals surface area contributed by atoms with E-state index >= 15 is 0 Å². The molecule has 0 heterocycles. The summed E-state index contributed by atoms with van der Waals surface area (Å²) in [6.45, 7) is 3.09. The topological polar surface area (TPSA) is 32.6 Å². The second-order valence-electron chi connectivity index (χ2n) is 2.10. The minimum atomic E-state index is -0.419. The van der Waals surface area contributed by atoms with E-state index < -0.39 is 5.82 Å². The van der Waals surface area contributed by atoms with Crippen molar-refractivity contribution < 1.29 is 9.50 Å². The van der Waals surface area contributed by atoms with Crippen LogP contribution in [0.4, 0.5) is 10.1 Å². The molecule has 58 valence electrons. The van der Waals surface area contributed by atoms with Crippen LogP contribution in [0.25, 0.3) is 0 Å². The molecule has 0 aliphatic rings. The zero-order valence-electron chi connectivity index (χ0n) is 5.92. The Balaban J connectivity index is 3.12. The molecule has 0 saturated carbocycles. The van der Waals surface area contributed by atoms with Gasteiger partial charge in [0.15, 0.2) is 0 Å². The Morgan fingerprint density at radius 2 is 2.27 bits per heavy atom. The van der Waals surface area contributed by atoms with Gasteiger partial charge in [0.2, 0.25) is 0 Å². The minimum absolute atomic E-state index is 0.108. The normalized spacial score (nSPS) is 9.64. The molecule has 0 aliphatic carbocycles. The largest absolute Gasteiger partial charge is 0.392 e. The van der Waals surface area contributed by atoms with Gasteiger partial charge in [-0.15, -0.1) is 0 Å². The molecule has 1 N–H and O–H groups in total. The first-order chi connectivity index (χ1) is 5.27. The molecule has 0 amide bonds. The van der Waals surface area contributed by atoms with Crippen molar-refractivity contribution in [1.82, 2.24) is 0 Å².